The maximum Gasteiger partial charge on any atom is 0.358 e. The monoisotopic (exact) mass is 511 g/mol. The summed E-state index contributed by atoms with van der Waals surface area (Å²) in [5.41, 5.74) is -0.773. The molecule has 3 atom stereocenters. The van der Waals surface area contributed by atoms with Crippen LogP contribution < -0.4 is 21.2 Å². The Bertz CT molecular complexity index is 1050. The second kappa shape index (κ2) is 6.37. The van der Waals surface area contributed by atoms with Crippen molar-refractivity contribution in [3.8, 4) is 0 Å². The van der Waals surface area contributed by atoms with E-state index in [2.05, 4.69) is 0 Å². The summed E-state index contributed by atoms with van der Waals surface area (Å²) >= 11 is -0.697. The fourth-order valence-corrected chi connectivity index (χ4v) is 9.97. The molecule has 0 spiro atoms. The van der Waals surface area contributed by atoms with E-state index in [1.807, 2.05) is 63.2 Å². The molecule has 2 bridgehead atoms. The fraction of sp³-hybridized carbons (Fsp3) is 0.409. The number of halogens is 1. The van der Waals surface area contributed by atoms with Gasteiger partial charge in [0.05, 0.1) is 0 Å². The molecule has 4 rings (SSSR count). The molecule has 148 valence electrons. The second-order valence-electron chi connectivity index (χ2n) is 8.55. The number of Topliss-reactive ketones (excluding diaryl/α,β-unsaturated/α-hetero) is 1. The molecule has 0 radical (unpaired) electrons. The second-order valence-corrected chi connectivity index (χ2v) is 13.1. The fourth-order valence-electron chi connectivity index (χ4n) is 5.37. The van der Waals surface area contributed by atoms with Gasteiger partial charge in [-0.15, -0.1) is 0 Å². The Morgan fingerprint density at radius 2 is 1.61 bits per heavy atom. The molecule has 0 aromatic heterocycles. The summed E-state index contributed by atoms with van der Waals surface area (Å²) in [7, 11) is -4.65. The van der Waals surface area contributed by atoms with Crippen LogP contribution in [-0.2, 0) is 19.7 Å². The third kappa shape index (κ3) is 2.43. The molecule has 4 nitrogen and oxygen atoms in total. The van der Waals surface area contributed by atoms with Crippen LogP contribution in [0.3, 0.4) is 0 Å². The van der Waals surface area contributed by atoms with Gasteiger partial charge in [0.1, 0.15) is 0 Å². The minimum atomic E-state index is -4.65. The standard InChI is InChI=1S/C22H23IO4S/c1-20(2)18-13-14-21(20,3)19(24)22(18,28(25,26)27)16-11-7-8-12-17(16)23-15-9-5-4-6-10-15/h4-12,18H,13-14H2,1-3H3/p+1. The highest BCUT2D eigenvalue weighted by molar-refractivity contribution is 7.87. The quantitative estimate of drug-likeness (QED) is 0.490. The van der Waals surface area contributed by atoms with Crippen LogP contribution in [0.5, 0.6) is 0 Å². The van der Waals surface area contributed by atoms with Gasteiger partial charge in [0.2, 0.25) is 0 Å². The summed E-state index contributed by atoms with van der Waals surface area (Å²) < 4.78 is 36.5. The van der Waals surface area contributed by atoms with E-state index in [4.69, 9.17) is 0 Å². The molecule has 0 amide bonds. The molecule has 2 aromatic rings. The third-order valence-corrected chi connectivity index (χ3v) is 11.5. The van der Waals surface area contributed by atoms with Crippen LogP contribution in [0.15, 0.2) is 54.6 Å². The average molecular weight is 511 g/mol. The lowest BCUT2D eigenvalue weighted by molar-refractivity contribution is -0.598. The van der Waals surface area contributed by atoms with Crippen molar-refractivity contribution in [2.75, 3.05) is 0 Å². The Labute approximate surface area is 176 Å². The summed E-state index contributed by atoms with van der Waals surface area (Å²) in [5, 5.41) is 0. The van der Waals surface area contributed by atoms with Crippen molar-refractivity contribution in [2.24, 2.45) is 16.7 Å². The minimum Gasteiger partial charge on any atom is -0.297 e. The zero-order valence-electron chi connectivity index (χ0n) is 16.1. The van der Waals surface area contributed by atoms with Crippen molar-refractivity contribution in [3.63, 3.8) is 0 Å². The van der Waals surface area contributed by atoms with Crippen LogP contribution in [0.2, 0.25) is 0 Å². The maximum atomic E-state index is 13.8. The Kier molecular flexibility index (Phi) is 4.56. The summed E-state index contributed by atoms with van der Waals surface area (Å²) in [4.78, 5) is 13.8. The predicted octanol–water partition coefficient (Wildman–Crippen LogP) is 0.923. The Hall–Kier alpha value is -1.25. The van der Waals surface area contributed by atoms with Gasteiger partial charge in [0.15, 0.2) is 17.7 Å². The van der Waals surface area contributed by atoms with Gasteiger partial charge >= 0.3 is 21.2 Å². The summed E-state index contributed by atoms with van der Waals surface area (Å²) in [6, 6.07) is 17.2. The molecule has 6 heteroatoms. The predicted molar refractivity (Wildman–Crippen MR) is 103 cm³/mol. The lowest BCUT2D eigenvalue weighted by atomic mass is 9.70. The number of benzene rings is 2. The zero-order chi connectivity index (χ0) is 20.4. The first-order valence-corrected chi connectivity index (χ1v) is 13.0. The van der Waals surface area contributed by atoms with Crippen LogP contribution in [0, 0.1) is 23.9 Å². The zero-order valence-corrected chi connectivity index (χ0v) is 19.1. The Morgan fingerprint density at radius 3 is 2.18 bits per heavy atom. The molecule has 2 aromatic carbocycles. The molecular weight excluding hydrogens is 487 g/mol. The van der Waals surface area contributed by atoms with E-state index in [1.165, 1.54) is 0 Å². The molecule has 2 fully saturated rings. The van der Waals surface area contributed by atoms with Gasteiger partial charge in [-0.05, 0) is 42.4 Å². The van der Waals surface area contributed by atoms with Crippen LogP contribution in [0.25, 0.3) is 0 Å². The van der Waals surface area contributed by atoms with Crippen molar-refractivity contribution in [1.82, 2.24) is 0 Å². The largest absolute Gasteiger partial charge is 0.358 e. The lowest BCUT2D eigenvalue weighted by Crippen LogP contribution is -3.61. The minimum absolute atomic E-state index is 0.340. The SMILES string of the molecule is CC12CCC(C1(C)C)C(c1ccccc1[I+]c1ccccc1)(S(=O)(=O)O)C2=O. The Balaban J connectivity index is 1.97. The van der Waals surface area contributed by atoms with Gasteiger partial charge in [-0.3, -0.25) is 9.35 Å². The molecule has 0 aliphatic heterocycles. The third-order valence-electron chi connectivity index (χ3n) is 7.18. The maximum absolute atomic E-state index is 13.8. The highest BCUT2D eigenvalue weighted by Gasteiger charge is 2.78. The number of ketones is 1. The van der Waals surface area contributed by atoms with Gasteiger partial charge < -0.3 is 0 Å². The molecule has 3 unspecified atom stereocenters. The van der Waals surface area contributed by atoms with E-state index < -0.39 is 52.8 Å². The Morgan fingerprint density at radius 1 is 1.00 bits per heavy atom. The first-order chi connectivity index (χ1) is 13.1. The van der Waals surface area contributed by atoms with E-state index in [9.17, 15) is 17.8 Å². The molecule has 0 heterocycles. The van der Waals surface area contributed by atoms with Crippen LogP contribution in [0.1, 0.15) is 39.2 Å². The molecule has 28 heavy (non-hydrogen) atoms. The van der Waals surface area contributed by atoms with Gasteiger partial charge in [-0.25, -0.2) is 0 Å². The van der Waals surface area contributed by atoms with Crippen molar-refractivity contribution < 1.29 is 39.0 Å². The number of rotatable bonds is 4. The van der Waals surface area contributed by atoms with Crippen molar-refractivity contribution in [1.29, 1.82) is 0 Å². The first kappa shape index (κ1) is 20.0. The molecule has 0 saturated heterocycles. The van der Waals surface area contributed by atoms with E-state index >= 15 is 0 Å². The van der Waals surface area contributed by atoms with Gasteiger partial charge in [0.25, 0.3) is 10.1 Å². The topological polar surface area (TPSA) is 71.4 Å². The van der Waals surface area contributed by atoms with E-state index in [-0.39, 0.29) is 5.78 Å². The summed E-state index contributed by atoms with van der Waals surface area (Å²) in [6.45, 7) is 5.83. The van der Waals surface area contributed by atoms with Crippen LogP contribution in [-0.4, -0.2) is 18.8 Å². The van der Waals surface area contributed by atoms with Crippen molar-refractivity contribution in [3.05, 3.63) is 67.3 Å². The first-order valence-electron chi connectivity index (χ1n) is 9.38. The van der Waals surface area contributed by atoms with E-state index in [0.717, 1.165) is 7.14 Å². The van der Waals surface area contributed by atoms with Gasteiger partial charge in [-0.1, -0.05) is 57.2 Å². The number of carbonyl (C=O) groups is 1. The number of fused-ring (bicyclic) bond motifs is 2. The highest BCUT2D eigenvalue weighted by Crippen LogP contribution is 2.71. The van der Waals surface area contributed by atoms with E-state index in [0.29, 0.717) is 18.4 Å². The molecular formula is C22H24IO4S+. The number of carbonyl (C=O) groups excluding carboxylic acids is 1. The average Bonchev–Trinajstić information content (AvgIpc) is 2.94. The number of hydrogen-bond acceptors (Lipinski definition) is 3. The van der Waals surface area contributed by atoms with E-state index in [1.54, 1.807) is 12.1 Å². The van der Waals surface area contributed by atoms with Crippen LogP contribution >= 0.6 is 0 Å². The van der Waals surface area contributed by atoms with Crippen molar-refractivity contribution in [2.45, 2.75) is 38.4 Å². The summed E-state index contributed by atoms with van der Waals surface area (Å²) in [6.07, 6.45) is 1.28. The molecule has 2 aliphatic rings. The smallest absolute Gasteiger partial charge is 0.297 e. The van der Waals surface area contributed by atoms with Crippen molar-refractivity contribution >= 4 is 15.9 Å². The van der Waals surface area contributed by atoms with Gasteiger partial charge in [0, 0.05) is 11.0 Å². The highest BCUT2D eigenvalue weighted by atomic mass is 127. The van der Waals surface area contributed by atoms with Gasteiger partial charge in [-0.2, -0.15) is 8.42 Å². The molecule has 2 aliphatic carbocycles. The van der Waals surface area contributed by atoms with Crippen LogP contribution in [0.4, 0.5) is 0 Å². The number of hydrogen-bond donors (Lipinski definition) is 1. The normalized spacial score (nSPS) is 31.3. The summed E-state index contributed by atoms with van der Waals surface area (Å²) in [5.74, 6) is -0.776. The molecule has 1 N–H and O–H groups in total. The molecule has 2 saturated carbocycles. The lowest BCUT2D eigenvalue weighted by Gasteiger charge is -2.35.